The zero-order chi connectivity index (χ0) is 13.1. The number of benzene rings is 2. The molecule has 2 aromatic carbocycles. The second-order valence-corrected chi connectivity index (χ2v) is 7.91. The zero-order valence-electron chi connectivity index (χ0n) is 9.88. The van der Waals surface area contributed by atoms with Gasteiger partial charge in [-0.05, 0) is 36.4 Å². The largest absolute Gasteiger partial charge is 0.230 e. The molecular weight excluding hydrogens is 314 g/mol. The van der Waals surface area contributed by atoms with Crippen LogP contribution in [-0.2, 0) is 0 Å². The number of halogens is 1. The Kier molecular flexibility index (Phi) is 4.33. The summed E-state index contributed by atoms with van der Waals surface area (Å²) in [5.41, 5.74) is 1.09. The SMILES string of the molecule is Clc1ccc(SCSc2nc3ccccc3s2)cc1. The number of rotatable bonds is 4. The molecule has 0 unspecified atom stereocenters. The van der Waals surface area contributed by atoms with Gasteiger partial charge >= 0.3 is 0 Å². The van der Waals surface area contributed by atoms with Gasteiger partial charge in [0.2, 0.25) is 0 Å². The third-order valence-electron chi connectivity index (χ3n) is 2.50. The second kappa shape index (κ2) is 6.18. The van der Waals surface area contributed by atoms with E-state index in [9.17, 15) is 0 Å². The van der Waals surface area contributed by atoms with Crippen LogP contribution in [0.15, 0.2) is 57.8 Å². The summed E-state index contributed by atoms with van der Waals surface area (Å²) in [6.07, 6.45) is 0. The Morgan fingerprint density at radius 1 is 1.00 bits per heavy atom. The number of nitrogens with zero attached hydrogens (tertiary/aromatic N) is 1. The first kappa shape index (κ1) is 13.3. The van der Waals surface area contributed by atoms with Gasteiger partial charge in [-0.25, -0.2) is 4.98 Å². The molecule has 96 valence electrons. The molecule has 0 bridgehead atoms. The minimum Gasteiger partial charge on any atom is -0.230 e. The molecule has 3 aromatic rings. The maximum Gasteiger partial charge on any atom is 0.151 e. The van der Waals surface area contributed by atoms with E-state index in [-0.39, 0.29) is 0 Å². The van der Waals surface area contributed by atoms with Crippen LogP contribution >= 0.6 is 46.5 Å². The summed E-state index contributed by atoms with van der Waals surface area (Å²) in [4.78, 5) is 5.84. The number of para-hydroxylation sites is 1. The fourth-order valence-electron chi connectivity index (χ4n) is 1.59. The molecule has 0 saturated heterocycles. The van der Waals surface area contributed by atoms with Crippen molar-refractivity contribution in [2.24, 2.45) is 0 Å². The first-order valence-electron chi connectivity index (χ1n) is 5.68. The van der Waals surface area contributed by atoms with Gasteiger partial charge in [-0.15, -0.1) is 23.1 Å². The lowest BCUT2D eigenvalue weighted by Crippen LogP contribution is -1.74. The number of aromatic nitrogens is 1. The van der Waals surface area contributed by atoms with Crippen LogP contribution in [0, 0.1) is 0 Å². The fourth-order valence-corrected chi connectivity index (χ4v) is 5.03. The van der Waals surface area contributed by atoms with Gasteiger partial charge in [-0.2, -0.15) is 0 Å². The molecule has 1 nitrogen and oxygen atoms in total. The molecule has 0 amide bonds. The van der Waals surface area contributed by atoms with E-state index in [0.29, 0.717) is 0 Å². The molecule has 1 heterocycles. The average molecular weight is 324 g/mol. The number of thiazole rings is 1. The zero-order valence-corrected chi connectivity index (χ0v) is 13.1. The van der Waals surface area contributed by atoms with Crippen LogP contribution in [0.1, 0.15) is 0 Å². The van der Waals surface area contributed by atoms with E-state index in [4.69, 9.17) is 11.6 Å². The third-order valence-corrected chi connectivity index (χ3v) is 6.07. The Bertz CT molecular complexity index is 645. The van der Waals surface area contributed by atoms with Crippen molar-refractivity contribution < 1.29 is 0 Å². The molecule has 0 aliphatic rings. The molecule has 5 heteroatoms. The molecular formula is C14H10ClNS3. The average Bonchev–Trinajstić information content (AvgIpc) is 2.83. The highest BCUT2D eigenvalue weighted by Gasteiger charge is 2.03. The number of thioether (sulfide) groups is 2. The molecule has 0 aliphatic carbocycles. The van der Waals surface area contributed by atoms with Crippen LogP contribution in [0.25, 0.3) is 10.2 Å². The Labute approximate surface area is 129 Å². The van der Waals surface area contributed by atoms with Gasteiger partial charge in [-0.1, -0.05) is 35.5 Å². The summed E-state index contributed by atoms with van der Waals surface area (Å²) in [5.74, 6) is 0. The van der Waals surface area contributed by atoms with Crippen LogP contribution in [0.5, 0.6) is 0 Å². The molecule has 19 heavy (non-hydrogen) atoms. The quantitative estimate of drug-likeness (QED) is 0.445. The summed E-state index contributed by atoms with van der Waals surface area (Å²) in [6.45, 7) is 0. The summed E-state index contributed by atoms with van der Waals surface area (Å²) in [6, 6.07) is 16.2. The highest BCUT2D eigenvalue weighted by Crippen LogP contribution is 2.33. The van der Waals surface area contributed by atoms with E-state index in [1.807, 2.05) is 30.3 Å². The molecule has 0 N–H and O–H groups in total. The highest BCUT2D eigenvalue weighted by atomic mass is 35.5. The lowest BCUT2D eigenvalue weighted by atomic mass is 10.3. The topological polar surface area (TPSA) is 12.9 Å². The van der Waals surface area contributed by atoms with Crippen LogP contribution in [0.4, 0.5) is 0 Å². The third kappa shape index (κ3) is 3.45. The molecule has 0 aliphatic heterocycles. The van der Waals surface area contributed by atoms with E-state index in [1.54, 1.807) is 34.9 Å². The molecule has 0 fully saturated rings. The molecule has 3 rings (SSSR count). The van der Waals surface area contributed by atoms with Crippen molar-refractivity contribution in [3.05, 3.63) is 53.6 Å². The van der Waals surface area contributed by atoms with Gasteiger partial charge in [0.15, 0.2) is 4.34 Å². The Morgan fingerprint density at radius 3 is 2.58 bits per heavy atom. The van der Waals surface area contributed by atoms with E-state index in [1.165, 1.54) is 9.60 Å². The van der Waals surface area contributed by atoms with Crippen LogP contribution in [-0.4, -0.2) is 10.1 Å². The molecule has 0 atom stereocenters. The summed E-state index contributed by atoms with van der Waals surface area (Å²) >= 11 is 11.2. The van der Waals surface area contributed by atoms with Crippen molar-refractivity contribution in [2.75, 3.05) is 5.08 Å². The van der Waals surface area contributed by atoms with Crippen molar-refractivity contribution in [1.29, 1.82) is 0 Å². The summed E-state index contributed by atoms with van der Waals surface area (Å²) in [5, 5.41) is 1.74. The van der Waals surface area contributed by atoms with Crippen LogP contribution in [0.2, 0.25) is 5.02 Å². The van der Waals surface area contributed by atoms with E-state index in [0.717, 1.165) is 20.0 Å². The van der Waals surface area contributed by atoms with Gasteiger partial charge in [-0.3, -0.25) is 0 Å². The first-order chi connectivity index (χ1) is 9.31. The van der Waals surface area contributed by atoms with Crippen molar-refractivity contribution in [1.82, 2.24) is 4.98 Å². The fraction of sp³-hybridized carbons (Fsp3) is 0.0714. The van der Waals surface area contributed by atoms with Crippen molar-refractivity contribution >= 4 is 56.7 Å². The number of hydrogen-bond acceptors (Lipinski definition) is 4. The van der Waals surface area contributed by atoms with E-state index < -0.39 is 0 Å². The minimum absolute atomic E-state index is 0.781. The first-order valence-corrected chi connectivity index (χ1v) is 8.84. The minimum atomic E-state index is 0.781. The van der Waals surface area contributed by atoms with Crippen LogP contribution in [0.3, 0.4) is 0 Å². The van der Waals surface area contributed by atoms with Gasteiger partial charge < -0.3 is 0 Å². The van der Waals surface area contributed by atoms with Crippen molar-refractivity contribution in [3.63, 3.8) is 0 Å². The molecule has 0 radical (unpaired) electrons. The monoisotopic (exact) mass is 323 g/mol. The maximum atomic E-state index is 5.86. The van der Waals surface area contributed by atoms with E-state index >= 15 is 0 Å². The Balaban J connectivity index is 1.61. The van der Waals surface area contributed by atoms with E-state index in [2.05, 4.69) is 23.2 Å². The summed E-state index contributed by atoms with van der Waals surface area (Å²) < 4.78 is 2.38. The number of hydrogen-bond donors (Lipinski definition) is 0. The molecule has 1 aromatic heterocycles. The van der Waals surface area contributed by atoms with Gasteiger partial charge in [0.25, 0.3) is 0 Å². The standard InChI is InChI=1S/C14H10ClNS3/c15-10-5-7-11(8-6-10)17-9-18-14-16-12-3-1-2-4-13(12)19-14/h1-8H,9H2. The Hall–Kier alpha value is -0.680. The van der Waals surface area contributed by atoms with Gasteiger partial charge in [0.05, 0.1) is 15.3 Å². The molecule has 0 spiro atoms. The molecule has 0 saturated carbocycles. The number of fused-ring (bicyclic) bond motifs is 1. The predicted molar refractivity (Wildman–Crippen MR) is 87.7 cm³/mol. The smallest absolute Gasteiger partial charge is 0.151 e. The van der Waals surface area contributed by atoms with Crippen molar-refractivity contribution in [2.45, 2.75) is 9.24 Å². The predicted octanol–water partition coefficient (Wildman–Crippen LogP) is 5.79. The maximum absolute atomic E-state index is 5.86. The lowest BCUT2D eigenvalue weighted by Gasteiger charge is -1.99. The van der Waals surface area contributed by atoms with Gasteiger partial charge in [0, 0.05) is 9.92 Å². The second-order valence-electron chi connectivity index (χ2n) is 3.81. The van der Waals surface area contributed by atoms with Crippen LogP contribution < -0.4 is 0 Å². The highest BCUT2D eigenvalue weighted by molar-refractivity contribution is 8.16. The van der Waals surface area contributed by atoms with Crippen molar-refractivity contribution in [3.8, 4) is 0 Å². The van der Waals surface area contributed by atoms with Gasteiger partial charge in [0.1, 0.15) is 0 Å². The Morgan fingerprint density at radius 2 is 1.79 bits per heavy atom. The lowest BCUT2D eigenvalue weighted by molar-refractivity contribution is 1.31. The summed E-state index contributed by atoms with van der Waals surface area (Å²) in [7, 11) is 0. The normalized spacial score (nSPS) is 11.0.